The van der Waals surface area contributed by atoms with Crippen molar-refractivity contribution < 1.29 is 9.22 Å². The Labute approximate surface area is 107 Å². The number of carbonyl (C=O) groups excluding carboxylic acids is 1. The molecule has 2 nitrogen and oxygen atoms in total. The fourth-order valence-electron chi connectivity index (χ4n) is 2.09. The van der Waals surface area contributed by atoms with Gasteiger partial charge in [-0.25, -0.2) is 0 Å². The van der Waals surface area contributed by atoms with Crippen molar-refractivity contribution in [1.29, 1.82) is 0 Å². The minimum atomic E-state index is -1.71. The maximum Gasteiger partial charge on any atom is 0.192 e. The molecule has 0 bridgehead atoms. The predicted molar refractivity (Wildman–Crippen MR) is 74.7 cm³/mol. The summed E-state index contributed by atoms with van der Waals surface area (Å²) in [6.45, 7) is 11.9. The lowest BCUT2D eigenvalue weighted by Crippen LogP contribution is -2.45. The molecule has 1 fully saturated rings. The van der Waals surface area contributed by atoms with Gasteiger partial charge in [-0.2, -0.15) is 0 Å². The summed E-state index contributed by atoms with van der Waals surface area (Å²) < 4.78 is 6.24. The third kappa shape index (κ3) is 3.65. The molecule has 100 valence electrons. The number of hydrogen-bond acceptors (Lipinski definition) is 2. The normalized spacial score (nSPS) is 21.2. The van der Waals surface area contributed by atoms with Gasteiger partial charge in [-0.3, -0.25) is 0 Å². The first-order valence-corrected chi connectivity index (χ1v) is 9.74. The highest BCUT2D eigenvalue weighted by Gasteiger charge is 2.40. The molecule has 3 heteroatoms. The van der Waals surface area contributed by atoms with Crippen LogP contribution in [0.15, 0.2) is 0 Å². The minimum absolute atomic E-state index is 0.173. The molecule has 0 spiro atoms. The van der Waals surface area contributed by atoms with Crippen molar-refractivity contribution in [2.75, 3.05) is 6.61 Å². The van der Waals surface area contributed by atoms with E-state index in [1.54, 1.807) is 0 Å². The highest BCUT2D eigenvalue weighted by atomic mass is 28.4. The lowest BCUT2D eigenvalue weighted by molar-refractivity contribution is -0.119. The molecule has 0 radical (unpaired) electrons. The summed E-state index contributed by atoms with van der Waals surface area (Å²) in [7, 11) is -1.71. The summed E-state index contributed by atoms with van der Waals surface area (Å²) in [6, 6.07) is 0. The Hall–Kier alpha value is -0.153. The van der Waals surface area contributed by atoms with Crippen LogP contribution in [0.1, 0.15) is 52.9 Å². The van der Waals surface area contributed by atoms with E-state index in [0.717, 1.165) is 12.8 Å². The van der Waals surface area contributed by atoms with Gasteiger partial charge in [-0.15, -0.1) is 0 Å². The number of aldehydes is 1. The molecular weight excluding hydrogens is 228 g/mol. The molecule has 1 rings (SSSR count). The van der Waals surface area contributed by atoms with E-state index in [-0.39, 0.29) is 10.5 Å². The first-order valence-electron chi connectivity index (χ1n) is 6.83. The van der Waals surface area contributed by atoms with E-state index < -0.39 is 8.32 Å². The molecule has 0 aromatic rings. The zero-order valence-corrected chi connectivity index (χ0v) is 13.1. The first kappa shape index (κ1) is 14.9. The molecule has 0 N–H and O–H groups in total. The summed E-state index contributed by atoms with van der Waals surface area (Å²) in [6.07, 6.45) is 6.84. The second-order valence-corrected chi connectivity index (χ2v) is 11.9. The van der Waals surface area contributed by atoms with Crippen LogP contribution in [0.25, 0.3) is 0 Å². The van der Waals surface area contributed by atoms with Crippen LogP contribution < -0.4 is 0 Å². The molecular formula is C14H28O2Si. The highest BCUT2D eigenvalue weighted by molar-refractivity contribution is 6.74. The van der Waals surface area contributed by atoms with Crippen molar-refractivity contribution in [3.8, 4) is 0 Å². The fraction of sp³-hybridized carbons (Fsp3) is 0.929. The van der Waals surface area contributed by atoms with Crippen LogP contribution in [0.2, 0.25) is 18.1 Å². The van der Waals surface area contributed by atoms with Crippen molar-refractivity contribution in [1.82, 2.24) is 0 Å². The van der Waals surface area contributed by atoms with Crippen LogP contribution in [0.5, 0.6) is 0 Å². The zero-order chi connectivity index (χ0) is 13.2. The summed E-state index contributed by atoms with van der Waals surface area (Å²) in [5.41, 5.74) is -0.173. The lowest BCUT2D eigenvalue weighted by Gasteiger charge is -2.40. The Balaban J connectivity index is 2.61. The molecule has 17 heavy (non-hydrogen) atoms. The largest absolute Gasteiger partial charge is 0.416 e. The van der Waals surface area contributed by atoms with Crippen LogP contribution in [-0.4, -0.2) is 21.2 Å². The van der Waals surface area contributed by atoms with Gasteiger partial charge in [0.05, 0.1) is 0 Å². The maximum atomic E-state index is 11.4. The third-order valence-electron chi connectivity index (χ3n) is 4.63. The summed E-state index contributed by atoms with van der Waals surface area (Å²) in [5, 5.41) is 0.228. The van der Waals surface area contributed by atoms with E-state index in [1.165, 1.54) is 25.5 Å². The van der Waals surface area contributed by atoms with Gasteiger partial charge in [-0.1, -0.05) is 40.0 Å². The van der Waals surface area contributed by atoms with Gasteiger partial charge in [0.2, 0.25) is 0 Å². The molecule has 1 saturated carbocycles. The summed E-state index contributed by atoms with van der Waals surface area (Å²) in [4.78, 5) is 11.4. The average Bonchev–Trinajstić information content (AvgIpc) is 2.26. The SMILES string of the molecule is CC(C)(C)[Si](C)(C)OCC1(C=O)CCCCC1. The van der Waals surface area contributed by atoms with Gasteiger partial charge in [0, 0.05) is 12.0 Å². The van der Waals surface area contributed by atoms with E-state index in [0.29, 0.717) is 6.61 Å². The zero-order valence-electron chi connectivity index (χ0n) is 12.1. The molecule has 0 aliphatic heterocycles. The topological polar surface area (TPSA) is 26.3 Å². The molecule has 0 amide bonds. The summed E-state index contributed by atoms with van der Waals surface area (Å²) in [5.74, 6) is 0. The van der Waals surface area contributed by atoms with Crippen molar-refractivity contribution in [2.24, 2.45) is 5.41 Å². The van der Waals surface area contributed by atoms with Crippen LogP contribution >= 0.6 is 0 Å². The molecule has 0 atom stereocenters. The van der Waals surface area contributed by atoms with E-state index >= 15 is 0 Å². The van der Waals surface area contributed by atoms with Crippen molar-refractivity contribution >= 4 is 14.6 Å². The van der Waals surface area contributed by atoms with E-state index in [9.17, 15) is 4.79 Å². The molecule has 0 aromatic heterocycles. The van der Waals surface area contributed by atoms with Gasteiger partial charge in [0.25, 0.3) is 0 Å². The Morgan fingerprint density at radius 2 is 1.71 bits per heavy atom. The molecule has 0 aromatic carbocycles. The highest BCUT2D eigenvalue weighted by Crippen LogP contribution is 2.40. The third-order valence-corrected chi connectivity index (χ3v) is 9.10. The average molecular weight is 256 g/mol. The van der Waals surface area contributed by atoms with Gasteiger partial charge in [0.15, 0.2) is 8.32 Å². The second kappa shape index (κ2) is 5.23. The standard InChI is InChI=1S/C14H28O2Si/c1-13(2,3)17(4,5)16-12-14(11-15)9-7-6-8-10-14/h11H,6-10,12H2,1-5H3. The smallest absolute Gasteiger partial charge is 0.192 e. The van der Waals surface area contributed by atoms with Gasteiger partial charge in [-0.05, 0) is 31.0 Å². The fourth-order valence-corrected chi connectivity index (χ4v) is 3.17. The molecule has 1 aliphatic carbocycles. The summed E-state index contributed by atoms with van der Waals surface area (Å²) >= 11 is 0. The van der Waals surface area contributed by atoms with Gasteiger partial charge >= 0.3 is 0 Å². The van der Waals surface area contributed by atoms with Crippen LogP contribution in [-0.2, 0) is 9.22 Å². The maximum absolute atomic E-state index is 11.4. The monoisotopic (exact) mass is 256 g/mol. The Bertz CT molecular complexity index is 260. The predicted octanol–water partition coefficient (Wildman–Crippen LogP) is 4.16. The Morgan fingerprint density at radius 3 is 2.12 bits per heavy atom. The minimum Gasteiger partial charge on any atom is -0.416 e. The quantitative estimate of drug-likeness (QED) is 0.558. The molecule has 0 saturated heterocycles. The first-order chi connectivity index (χ1) is 7.72. The molecule has 0 heterocycles. The van der Waals surface area contributed by atoms with Crippen molar-refractivity contribution in [3.63, 3.8) is 0 Å². The number of rotatable bonds is 4. The molecule has 0 unspecified atom stereocenters. The van der Waals surface area contributed by atoms with Gasteiger partial charge < -0.3 is 9.22 Å². The van der Waals surface area contributed by atoms with Crippen LogP contribution in [0.4, 0.5) is 0 Å². The Morgan fingerprint density at radius 1 is 1.18 bits per heavy atom. The van der Waals surface area contributed by atoms with E-state index in [1.807, 2.05) is 0 Å². The van der Waals surface area contributed by atoms with Crippen LogP contribution in [0, 0.1) is 5.41 Å². The van der Waals surface area contributed by atoms with Crippen molar-refractivity contribution in [3.05, 3.63) is 0 Å². The lowest BCUT2D eigenvalue weighted by atomic mass is 9.76. The second-order valence-electron chi connectivity index (χ2n) is 7.09. The van der Waals surface area contributed by atoms with E-state index in [4.69, 9.17) is 4.43 Å². The number of carbonyl (C=O) groups is 1. The van der Waals surface area contributed by atoms with Crippen molar-refractivity contribution in [2.45, 2.75) is 71.0 Å². The van der Waals surface area contributed by atoms with E-state index in [2.05, 4.69) is 33.9 Å². The molecule has 1 aliphatic rings. The Kier molecular flexibility index (Phi) is 4.58. The van der Waals surface area contributed by atoms with Crippen LogP contribution in [0.3, 0.4) is 0 Å². The number of hydrogen-bond donors (Lipinski definition) is 0. The van der Waals surface area contributed by atoms with Gasteiger partial charge in [0.1, 0.15) is 6.29 Å².